The third kappa shape index (κ3) is 5.07. The molecule has 0 bridgehead atoms. The number of rotatable bonds is 6. The molecule has 1 saturated carbocycles. The predicted octanol–water partition coefficient (Wildman–Crippen LogP) is 1.64. The van der Waals surface area contributed by atoms with E-state index >= 15 is 0 Å². The minimum absolute atomic E-state index is 0.0967. The molecule has 0 atom stereocenters. The van der Waals surface area contributed by atoms with Gasteiger partial charge in [-0.2, -0.15) is 0 Å². The Balaban J connectivity index is 1.69. The van der Waals surface area contributed by atoms with Gasteiger partial charge in [0, 0.05) is 6.54 Å². The number of amides is 1. The van der Waals surface area contributed by atoms with E-state index in [2.05, 4.69) is 15.3 Å². The summed E-state index contributed by atoms with van der Waals surface area (Å²) in [6.45, 7) is 0.870. The lowest BCUT2D eigenvalue weighted by Crippen LogP contribution is -2.29. The first-order chi connectivity index (χ1) is 10.7. The smallest absolute Gasteiger partial charge is 0.356 e. The molecule has 0 aliphatic heterocycles. The highest BCUT2D eigenvalue weighted by Crippen LogP contribution is 2.19. The number of hydrogen-bond donors (Lipinski definition) is 2. The monoisotopic (exact) mass is 307 g/mol. The number of nitrogens with one attached hydrogen (secondary N) is 1. The molecule has 0 unspecified atom stereocenters. The van der Waals surface area contributed by atoms with Crippen molar-refractivity contribution >= 4 is 11.9 Å². The molecule has 22 heavy (non-hydrogen) atoms. The van der Waals surface area contributed by atoms with Crippen LogP contribution >= 0.6 is 0 Å². The van der Waals surface area contributed by atoms with E-state index in [1.54, 1.807) is 0 Å². The molecule has 2 rings (SSSR count). The molecule has 7 heteroatoms. The molecule has 1 heterocycles. The van der Waals surface area contributed by atoms with Gasteiger partial charge in [0.05, 0.1) is 25.1 Å². The molecule has 0 saturated heterocycles. The minimum Gasteiger partial charge on any atom is -0.476 e. The molecule has 1 fully saturated rings. The highest BCUT2D eigenvalue weighted by atomic mass is 16.5. The van der Waals surface area contributed by atoms with Crippen LogP contribution in [-0.2, 0) is 4.74 Å². The number of carbonyl (C=O) groups excluding carboxylic acids is 1. The zero-order valence-corrected chi connectivity index (χ0v) is 12.5. The second-order valence-electron chi connectivity index (χ2n) is 5.33. The SMILES string of the molecule is O=C(O)c1cnc(C(=O)NCCOC2CCCCCC2)cn1. The van der Waals surface area contributed by atoms with Crippen LogP contribution in [0.1, 0.15) is 59.5 Å². The molecular weight excluding hydrogens is 286 g/mol. The molecule has 1 amide bonds. The van der Waals surface area contributed by atoms with Gasteiger partial charge in [-0.05, 0) is 12.8 Å². The molecule has 0 aromatic carbocycles. The maximum absolute atomic E-state index is 11.8. The number of ether oxygens (including phenoxy) is 1. The van der Waals surface area contributed by atoms with E-state index in [0.29, 0.717) is 19.3 Å². The third-order valence-corrected chi connectivity index (χ3v) is 3.65. The van der Waals surface area contributed by atoms with Crippen LogP contribution < -0.4 is 5.32 Å². The van der Waals surface area contributed by atoms with E-state index in [1.807, 2.05) is 0 Å². The van der Waals surface area contributed by atoms with Gasteiger partial charge in [0.15, 0.2) is 5.69 Å². The zero-order chi connectivity index (χ0) is 15.8. The van der Waals surface area contributed by atoms with Crippen LogP contribution in [0.4, 0.5) is 0 Å². The largest absolute Gasteiger partial charge is 0.476 e. The quantitative estimate of drug-likeness (QED) is 0.612. The number of carbonyl (C=O) groups is 2. The first kappa shape index (κ1) is 16.4. The first-order valence-corrected chi connectivity index (χ1v) is 7.62. The lowest BCUT2D eigenvalue weighted by molar-refractivity contribution is 0.0441. The average molecular weight is 307 g/mol. The van der Waals surface area contributed by atoms with Crippen molar-refractivity contribution in [2.75, 3.05) is 13.2 Å². The summed E-state index contributed by atoms with van der Waals surface area (Å²) in [7, 11) is 0. The summed E-state index contributed by atoms with van der Waals surface area (Å²) < 4.78 is 5.77. The average Bonchev–Trinajstić information content (AvgIpc) is 2.80. The van der Waals surface area contributed by atoms with E-state index in [-0.39, 0.29) is 17.3 Å². The van der Waals surface area contributed by atoms with Gasteiger partial charge in [-0.3, -0.25) is 4.79 Å². The molecule has 1 aromatic heterocycles. The fraction of sp³-hybridized carbons (Fsp3) is 0.600. The van der Waals surface area contributed by atoms with Gasteiger partial charge in [0.2, 0.25) is 0 Å². The summed E-state index contributed by atoms with van der Waals surface area (Å²) in [5.74, 6) is -1.55. The maximum atomic E-state index is 11.8. The Morgan fingerprint density at radius 3 is 2.36 bits per heavy atom. The Kier molecular flexibility index (Phi) is 6.27. The van der Waals surface area contributed by atoms with E-state index in [0.717, 1.165) is 25.2 Å². The lowest BCUT2D eigenvalue weighted by atomic mass is 10.1. The van der Waals surface area contributed by atoms with E-state index in [1.165, 1.54) is 25.7 Å². The van der Waals surface area contributed by atoms with Crippen molar-refractivity contribution in [3.63, 3.8) is 0 Å². The van der Waals surface area contributed by atoms with Crippen molar-refractivity contribution in [2.45, 2.75) is 44.6 Å². The van der Waals surface area contributed by atoms with Gasteiger partial charge >= 0.3 is 5.97 Å². The zero-order valence-electron chi connectivity index (χ0n) is 12.5. The van der Waals surface area contributed by atoms with Crippen LogP contribution in [0.25, 0.3) is 0 Å². The van der Waals surface area contributed by atoms with Crippen LogP contribution in [0, 0.1) is 0 Å². The third-order valence-electron chi connectivity index (χ3n) is 3.65. The highest BCUT2D eigenvalue weighted by molar-refractivity contribution is 5.92. The Labute approximate surface area is 129 Å². The van der Waals surface area contributed by atoms with Crippen molar-refractivity contribution in [2.24, 2.45) is 0 Å². The van der Waals surface area contributed by atoms with Gasteiger partial charge < -0.3 is 15.2 Å². The van der Waals surface area contributed by atoms with Gasteiger partial charge in [-0.1, -0.05) is 25.7 Å². The Morgan fingerprint density at radius 2 is 1.77 bits per heavy atom. The van der Waals surface area contributed by atoms with Crippen molar-refractivity contribution < 1.29 is 19.4 Å². The van der Waals surface area contributed by atoms with Gasteiger partial charge in [-0.15, -0.1) is 0 Å². The number of aromatic carboxylic acids is 1. The number of hydrogen-bond acceptors (Lipinski definition) is 5. The van der Waals surface area contributed by atoms with Crippen LogP contribution in [-0.4, -0.2) is 46.2 Å². The standard InChI is InChI=1S/C15H21N3O4/c19-14(12-9-18-13(10-17-12)15(20)21)16-7-8-22-11-5-3-1-2-4-6-11/h9-11H,1-8H2,(H,16,19)(H,20,21). The number of aromatic nitrogens is 2. The summed E-state index contributed by atoms with van der Waals surface area (Å²) >= 11 is 0. The molecule has 0 spiro atoms. The van der Waals surface area contributed by atoms with Crippen molar-refractivity contribution in [3.05, 3.63) is 23.8 Å². The summed E-state index contributed by atoms with van der Waals surface area (Å²) in [5.41, 5.74) is -0.0901. The Bertz CT molecular complexity index is 496. The van der Waals surface area contributed by atoms with Gasteiger partial charge in [0.25, 0.3) is 5.91 Å². The van der Waals surface area contributed by atoms with Gasteiger partial charge in [-0.25, -0.2) is 14.8 Å². The number of nitrogens with zero attached hydrogens (tertiary/aromatic N) is 2. The number of carboxylic acids is 1. The summed E-state index contributed by atoms with van der Waals surface area (Å²) in [6, 6.07) is 0. The minimum atomic E-state index is -1.17. The summed E-state index contributed by atoms with van der Waals surface area (Å²) in [6.07, 6.45) is 9.69. The predicted molar refractivity (Wildman–Crippen MR) is 78.8 cm³/mol. The van der Waals surface area contributed by atoms with Crippen LogP contribution in [0.5, 0.6) is 0 Å². The maximum Gasteiger partial charge on any atom is 0.356 e. The highest BCUT2D eigenvalue weighted by Gasteiger charge is 2.13. The van der Waals surface area contributed by atoms with Crippen LogP contribution in [0.15, 0.2) is 12.4 Å². The van der Waals surface area contributed by atoms with Crippen molar-refractivity contribution in [3.8, 4) is 0 Å². The Hall–Kier alpha value is -2.02. The number of carboxylic acid groups (broad SMARTS) is 1. The Morgan fingerprint density at radius 1 is 1.14 bits per heavy atom. The van der Waals surface area contributed by atoms with E-state index in [4.69, 9.17) is 9.84 Å². The van der Waals surface area contributed by atoms with Gasteiger partial charge in [0.1, 0.15) is 5.69 Å². The molecule has 0 radical (unpaired) electrons. The summed E-state index contributed by atoms with van der Waals surface area (Å²) in [4.78, 5) is 29.9. The lowest BCUT2D eigenvalue weighted by Gasteiger charge is -2.15. The second-order valence-corrected chi connectivity index (χ2v) is 5.33. The second kappa shape index (κ2) is 8.43. The van der Waals surface area contributed by atoms with Crippen LogP contribution in [0.3, 0.4) is 0 Å². The fourth-order valence-corrected chi connectivity index (χ4v) is 2.45. The fourth-order valence-electron chi connectivity index (χ4n) is 2.45. The topological polar surface area (TPSA) is 101 Å². The molecule has 1 aliphatic carbocycles. The van der Waals surface area contributed by atoms with E-state index in [9.17, 15) is 9.59 Å². The molecule has 7 nitrogen and oxygen atoms in total. The van der Waals surface area contributed by atoms with Crippen molar-refractivity contribution in [1.29, 1.82) is 0 Å². The summed E-state index contributed by atoms with van der Waals surface area (Å²) in [5, 5.41) is 11.4. The van der Waals surface area contributed by atoms with Crippen LogP contribution in [0.2, 0.25) is 0 Å². The molecular formula is C15H21N3O4. The molecule has 120 valence electrons. The van der Waals surface area contributed by atoms with Crippen molar-refractivity contribution in [1.82, 2.24) is 15.3 Å². The normalized spacial score (nSPS) is 16.0. The first-order valence-electron chi connectivity index (χ1n) is 7.62. The molecule has 1 aliphatic rings. The molecule has 1 aromatic rings. The molecule has 2 N–H and O–H groups in total. The van der Waals surface area contributed by atoms with E-state index < -0.39 is 5.97 Å².